The van der Waals surface area contributed by atoms with Crippen LogP contribution in [-0.2, 0) is 4.79 Å². The van der Waals surface area contributed by atoms with Crippen LogP contribution in [0.2, 0.25) is 0 Å². The number of nitrogens with one attached hydrogen (secondary N) is 1. The highest BCUT2D eigenvalue weighted by atomic mass is 32.1. The number of hydrogen-bond acceptors (Lipinski definition) is 4. The van der Waals surface area contributed by atoms with Gasteiger partial charge in [0.25, 0.3) is 5.91 Å². The van der Waals surface area contributed by atoms with Crippen molar-refractivity contribution >= 4 is 23.2 Å². The van der Waals surface area contributed by atoms with Gasteiger partial charge in [0.05, 0.1) is 10.9 Å². The second-order valence-corrected chi connectivity index (χ2v) is 8.93. The first-order chi connectivity index (χ1) is 15.7. The molecule has 2 heterocycles. The topological polar surface area (TPSA) is 52.7 Å². The third-order valence-corrected chi connectivity index (χ3v) is 6.73. The standard InChI is InChI=1S/C26H29N3O2S/c30-24(14-7-15-27-26(31)23-13-8-20-32-23)28-16-18-29(19-17-28)25(21-9-3-1-4-10-21)22-11-5-2-6-12-22/h1-6,8-13,20,25H,7,14-19H2,(H,27,31). The van der Waals surface area contributed by atoms with Gasteiger partial charge in [-0.1, -0.05) is 66.7 Å². The smallest absolute Gasteiger partial charge is 0.261 e. The molecule has 0 unspecified atom stereocenters. The summed E-state index contributed by atoms with van der Waals surface area (Å²) in [6.07, 6.45) is 1.12. The maximum Gasteiger partial charge on any atom is 0.261 e. The highest BCUT2D eigenvalue weighted by Gasteiger charge is 2.27. The highest BCUT2D eigenvalue weighted by Crippen LogP contribution is 2.29. The molecule has 1 aliphatic rings. The maximum atomic E-state index is 12.7. The zero-order valence-electron chi connectivity index (χ0n) is 18.2. The first kappa shape index (κ1) is 22.2. The van der Waals surface area contributed by atoms with E-state index in [1.807, 2.05) is 34.5 Å². The molecular formula is C26H29N3O2S. The first-order valence-corrected chi connectivity index (χ1v) is 12.0. The third-order valence-electron chi connectivity index (χ3n) is 5.86. The van der Waals surface area contributed by atoms with E-state index in [0.29, 0.717) is 24.3 Å². The van der Waals surface area contributed by atoms with E-state index in [2.05, 4.69) is 58.7 Å². The Labute approximate surface area is 193 Å². The normalized spacial score (nSPS) is 14.5. The van der Waals surface area contributed by atoms with Crippen LogP contribution in [-0.4, -0.2) is 54.3 Å². The molecule has 5 nitrogen and oxygen atoms in total. The molecule has 2 aromatic carbocycles. The molecule has 2 amide bonds. The molecule has 4 rings (SSSR count). The van der Waals surface area contributed by atoms with Gasteiger partial charge in [-0.05, 0) is 29.0 Å². The van der Waals surface area contributed by atoms with Crippen LogP contribution in [0.4, 0.5) is 0 Å². The molecule has 1 aliphatic heterocycles. The molecule has 0 bridgehead atoms. The largest absolute Gasteiger partial charge is 0.351 e. The molecule has 0 aliphatic carbocycles. The van der Waals surface area contributed by atoms with E-state index >= 15 is 0 Å². The van der Waals surface area contributed by atoms with Gasteiger partial charge in [0.2, 0.25) is 5.91 Å². The van der Waals surface area contributed by atoms with Crippen molar-refractivity contribution in [1.29, 1.82) is 0 Å². The SMILES string of the molecule is O=C(NCCCC(=O)N1CCN(C(c2ccccc2)c2ccccc2)CC1)c1cccs1. The summed E-state index contributed by atoms with van der Waals surface area (Å²) in [5, 5.41) is 4.78. The van der Waals surface area contributed by atoms with E-state index in [1.165, 1.54) is 22.5 Å². The van der Waals surface area contributed by atoms with Crippen molar-refractivity contribution in [2.75, 3.05) is 32.7 Å². The Bertz CT molecular complexity index is 945. The van der Waals surface area contributed by atoms with Crippen molar-refractivity contribution in [3.05, 3.63) is 94.2 Å². The average Bonchev–Trinajstić information content (AvgIpc) is 3.39. The van der Waals surface area contributed by atoms with Gasteiger partial charge in [0, 0.05) is 39.1 Å². The summed E-state index contributed by atoms with van der Waals surface area (Å²) in [5.74, 6) is 0.111. The molecule has 1 fully saturated rings. The minimum Gasteiger partial charge on any atom is -0.351 e. The van der Waals surface area contributed by atoms with Crippen molar-refractivity contribution in [3.8, 4) is 0 Å². The molecule has 6 heteroatoms. The summed E-state index contributed by atoms with van der Waals surface area (Å²) >= 11 is 1.43. The van der Waals surface area contributed by atoms with Gasteiger partial charge in [-0.15, -0.1) is 11.3 Å². The molecule has 0 radical (unpaired) electrons. The molecule has 0 saturated carbocycles. The van der Waals surface area contributed by atoms with Crippen molar-refractivity contribution in [3.63, 3.8) is 0 Å². The number of carbonyl (C=O) groups is 2. The van der Waals surface area contributed by atoms with Crippen molar-refractivity contribution in [2.45, 2.75) is 18.9 Å². The second kappa shape index (κ2) is 11.1. The van der Waals surface area contributed by atoms with E-state index < -0.39 is 0 Å². The lowest BCUT2D eigenvalue weighted by Crippen LogP contribution is -2.49. The monoisotopic (exact) mass is 447 g/mol. The number of amides is 2. The fraction of sp³-hybridized carbons (Fsp3) is 0.308. The lowest BCUT2D eigenvalue weighted by Gasteiger charge is -2.40. The van der Waals surface area contributed by atoms with Gasteiger partial charge in [0.1, 0.15) is 0 Å². The molecule has 3 aromatic rings. The fourth-order valence-corrected chi connectivity index (χ4v) is 4.85. The Morgan fingerprint density at radius 1 is 0.844 bits per heavy atom. The second-order valence-electron chi connectivity index (χ2n) is 7.98. The van der Waals surface area contributed by atoms with Crippen molar-refractivity contribution < 1.29 is 9.59 Å². The molecule has 1 saturated heterocycles. The van der Waals surface area contributed by atoms with Gasteiger partial charge in [-0.3, -0.25) is 14.5 Å². The Kier molecular flexibility index (Phi) is 7.69. The molecule has 0 spiro atoms. The Hall–Kier alpha value is -2.96. The van der Waals surface area contributed by atoms with Crippen LogP contribution in [0.5, 0.6) is 0 Å². The number of piperazine rings is 1. The molecule has 0 atom stereocenters. The first-order valence-electron chi connectivity index (χ1n) is 11.2. The van der Waals surface area contributed by atoms with Gasteiger partial charge in [-0.25, -0.2) is 0 Å². The van der Waals surface area contributed by atoms with E-state index in [9.17, 15) is 9.59 Å². The van der Waals surface area contributed by atoms with Crippen LogP contribution in [0.25, 0.3) is 0 Å². The minimum absolute atomic E-state index is 0.0612. The van der Waals surface area contributed by atoms with Crippen LogP contribution in [0, 0.1) is 0 Å². The van der Waals surface area contributed by atoms with E-state index in [-0.39, 0.29) is 17.9 Å². The Balaban J connectivity index is 1.28. The van der Waals surface area contributed by atoms with Gasteiger partial charge in [0.15, 0.2) is 0 Å². The van der Waals surface area contributed by atoms with Crippen molar-refractivity contribution in [1.82, 2.24) is 15.1 Å². The predicted octanol–water partition coefficient (Wildman–Crippen LogP) is 4.19. The quantitative estimate of drug-likeness (QED) is 0.527. The lowest BCUT2D eigenvalue weighted by molar-refractivity contribution is -0.133. The highest BCUT2D eigenvalue weighted by molar-refractivity contribution is 7.12. The summed E-state index contributed by atoms with van der Waals surface area (Å²) in [5.41, 5.74) is 2.56. The van der Waals surface area contributed by atoms with Gasteiger partial charge in [-0.2, -0.15) is 0 Å². The van der Waals surface area contributed by atoms with Gasteiger partial charge < -0.3 is 10.2 Å². The summed E-state index contributed by atoms with van der Waals surface area (Å²) in [7, 11) is 0. The van der Waals surface area contributed by atoms with E-state index in [0.717, 1.165) is 26.2 Å². The summed E-state index contributed by atoms with van der Waals surface area (Å²) in [6.45, 7) is 3.67. The predicted molar refractivity (Wildman–Crippen MR) is 129 cm³/mol. The van der Waals surface area contributed by atoms with Crippen LogP contribution in [0.1, 0.15) is 39.7 Å². The maximum absolute atomic E-state index is 12.7. The number of rotatable bonds is 8. The fourth-order valence-electron chi connectivity index (χ4n) is 4.21. The minimum atomic E-state index is -0.0612. The molecule has 1 aromatic heterocycles. The lowest BCUT2D eigenvalue weighted by atomic mass is 9.96. The summed E-state index contributed by atoms with van der Waals surface area (Å²) in [6, 6.07) is 25.0. The summed E-state index contributed by atoms with van der Waals surface area (Å²) in [4.78, 5) is 29.8. The van der Waals surface area contributed by atoms with Crippen LogP contribution in [0.15, 0.2) is 78.2 Å². The van der Waals surface area contributed by atoms with Crippen molar-refractivity contribution in [2.24, 2.45) is 0 Å². The third kappa shape index (κ3) is 5.64. The van der Waals surface area contributed by atoms with Crippen LogP contribution < -0.4 is 5.32 Å². The molecule has 32 heavy (non-hydrogen) atoms. The van der Waals surface area contributed by atoms with E-state index in [1.54, 1.807) is 0 Å². The van der Waals surface area contributed by atoms with Gasteiger partial charge >= 0.3 is 0 Å². The van der Waals surface area contributed by atoms with Crippen LogP contribution >= 0.6 is 11.3 Å². The number of hydrogen-bond donors (Lipinski definition) is 1. The molecular weight excluding hydrogens is 418 g/mol. The molecule has 166 valence electrons. The Morgan fingerprint density at radius 2 is 1.47 bits per heavy atom. The zero-order valence-corrected chi connectivity index (χ0v) is 19.0. The van der Waals surface area contributed by atoms with Crippen LogP contribution in [0.3, 0.4) is 0 Å². The Morgan fingerprint density at radius 3 is 2.03 bits per heavy atom. The number of carbonyl (C=O) groups excluding carboxylic acids is 2. The number of benzene rings is 2. The zero-order chi connectivity index (χ0) is 22.2. The number of thiophene rings is 1. The summed E-state index contributed by atoms with van der Waals surface area (Å²) < 4.78 is 0. The average molecular weight is 448 g/mol. The molecule has 1 N–H and O–H groups in total. The van der Waals surface area contributed by atoms with E-state index in [4.69, 9.17) is 0 Å². The number of nitrogens with zero attached hydrogens (tertiary/aromatic N) is 2.